The molecule has 3 rings (SSSR count). The van der Waals surface area contributed by atoms with Crippen LogP contribution < -0.4 is 5.32 Å². The summed E-state index contributed by atoms with van der Waals surface area (Å²) in [5.74, 6) is -0.419. The standard InChI is InChI=1S/C19H29N3O4S/c1-25-17(23)16-13-26-19(24)22(16)15-8-11-21(12-9-15)18(27)20-10-7-14-5-3-2-4-6-14/h5,15-16H,2-4,6-13H2,1H3,(H,20,27)/t16-/m0/s1. The van der Waals surface area contributed by atoms with Crippen molar-refractivity contribution in [2.75, 3.05) is 33.4 Å². The number of ether oxygens (including phenoxy) is 2. The van der Waals surface area contributed by atoms with Crippen LogP contribution >= 0.6 is 12.2 Å². The van der Waals surface area contributed by atoms with Gasteiger partial charge in [-0.15, -0.1) is 0 Å². The van der Waals surface area contributed by atoms with E-state index in [4.69, 9.17) is 21.7 Å². The number of cyclic esters (lactones) is 1. The minimum atomic E-state index is -0.632. The first-order chi connectivity index (χ1) is 13.1. The third kappa shape index (κ3) is 4.91. The molecule has 1 N–H and O–H groups in total. The number of hydrogen-bond acceptors (Lipinski definition) is 5. The van der Waals surface area contributed by atoms with Crippen LogP contribution in [-0.2, 0) is 14.3 Å². The number of amides is 1. The van der Waals surface area contributed by atoms with E-state index in [1.807, 2.05) is 0 Å². The van der Waals surface area contributed by atoms with Crippen LogP contribution in [0.4, 0.5) is 4.79 Å². The summed E-state index contributed by atoms with van der Waals surface area (Å²) in [6.07, 6.45) is 9.55. The van der Waals surface area contributed by atoms with Crippen molar-refractivity contribution >= 4 is 29.4 Å². The first-order valence-electron chi connectivity index (χ1n) is 9.83. The fourth-order valence-corrected chi connectivity index (χ4v) is 4.36. The molecule has 0 saturated carbocycles. The zero-order chi connectivity index (χ0) is 19.2. The molecule has 0 radical (unpaired) electrons. The third-order valence-electron chi connectivity index (χ3n) is 5.64. The van der Waals surface area contributed by atoms with Gasteiger partial charge in [-0.3, -0.25) is 4.90 Å². The Labute approximate surface area is 166 Å². The van der Waals surface area contributed by atoms with E-state index in [2.05, 4.69) is 16.3 Å². The average Bonchev–Trinajstić information content (AvgIpc) is 3.09. The first-order valence-corrected chi connectivity index (χ1v) is 10.2. The zero-order valence-electron chi connectivity index (χ0n) is 15.9. The SMILES string of the molecule is COC(=O)[C@@H]1COC(=O)N1C1CCN(C(=S)NCCC2=CCCCC2)CC1. The largest absolute Gasteiger partial charge is 0.467 e. The van der Waals surface area contributed by atoms with Gasteiger partial charge in [-0.25, -0.2) is 9.59 Å². The highest BCUT2D eigenvalue weighted by Crippen LogP contribution is 2.25. The molecule has 150 valence electrons. The lowest BCUT2D eigenvalue weighted by atomic mass is 9.97. The van der Waals surface area contributed by atoms with Gasteiger partial charge in [0.05, 0.1) is 7.11 Å². The Bertz CT molecular complexity index is 602. The van der Waals surface area contributed by atoms with Crippen LogP contribution in [0.3, 0.4) is 0 Å². The summed E-state index contributed by atoms with van der Waals surface area (Å²) in [5, 5.41) is 4.14. The summed E-state index contributed by atoms with van der Waals surface area (Å²) < 4.78 is 9.87. The fraction of sp³-hybridized carbons (Fsp3) is 0.737. The van der Waals surface area contributed by atoms with E-state index in [0.717, 1.165) is 44.0 Å². The molecule has 0 bridgehead atoms. The van der Waals surface area contributed by atoms with Crippen LogP contribution in [0, 0.1) is 0 Å². The Morgan fingerprint density at radius 3 is 2.81 bits per heavy atom. The van der Waals surface area contributed by atoms with Gasteiger partial charge < -0.3 is 19.7 Å². The van der Waals surface area contributed by atoms with Crippen molar-refractivity contribution in [1.82, 2.24) is 15.1 Å². The Hall–Kier alpha value is -1.83. The normalized spacial score (nSPS) is 23.7. The summed E-state index contributed by atoms with van der Waals surface area (Å²) in [6.45, 7) is 2.46. The third-order valence-corrected chi connectivity index (χ3v) is 6.04. The number of piperidine rings is 1. The smallest absolute Gasteiger partial charge is 0.410 e. The van der Waals surface area contributed by atoms with Crippen LogP contribution in [0.1, 0.15) is 44.9 Å². The molecule has 2 saturated heterocycles. The second-order valence-corrected chi connectivity index (χ2v) is 7.72. The molecule has 7 nitrogen and oxygen atoms in total. The molecule has 1 amide bonds. The minimum Gasteiger partial charge on any atom is -0.467 e. The Morgan fingerprint density at radius 2 is 2.15 bits per heavy atom. The molecule has 2 heterocycles. The number of methoxy groups -OCH3 is 1. The van der Waals surface area contributed by atoms with Gasteiger partial charge in [0.15, 0.2) is 11.2 Å². The molecule has 27 heavy (non-hydrogen) atoms. The van der Waals surface area contributed by atoms with E-state index in [1.165, 1.54) is 38.4 Å². The minimum absolute atomic E-state index is 0.0180. The van der Waals surface area contributed by atoms with Crippen molar-refractivity contribution in [2.45, 2.75) is 57.0 Å². The van der Waals surface area contributed by atoms with Crippen molar-refractivity contribution < 1.29 is 19.1 Å². The number of likely N-dealkylation sites (tertiary alicyclic amines) is 1. The molecular formula is C19H29N3O4S. The molecule has 2 aliphatic heterocycles. The van der Waals surface area contributed by atoms with Crippen molar-refractivity contribution in [3.8, 4) is 0 Å². The predicted molar refractivity (Wildman–Crippen MR) is 105 cm³/mol. The number of nitrogens with zero attached hydrogens (tertiary/aromatic N) is 2. The summed E-state index contributed by atoms with van der Waals surface area (Å²) in [4.78, 5) is 27.6. The number of carbonyl (C=O) groups excluding carboxylic acids is 2. The maximum atomic E-state index is 12.1. The molecule has 1 atom stereocenters. The van der Waals surface area contributed by atoms with Crippen LogP contribution in [0.2, 0.25) is 0 Å². The average molecular weight is 396 g/mol. The molecule has 2 fully saturated rings. The number of thiocarbonyl (C=S) groups is 1. The summed E-state index contributed by atoms with van der Waals surface area (Å²) in [7, 11) is 1.33. The monoisotopic (exact) mass is 395 g/mol. The van der Waals surface area contributed by atoms with E-state index in [-0.39, 0.29) is 12.6 Å². The number of allylic oxidation sites excluding steroid dienone is 1. The predicted octanol–water partition coefficient (Wildman–Crippen LogP) is 2.21. The van der Waals surface area contributed by atoms with E-state index >= 15 is 0 Å². The second-order valence-electron chi connectivity index (χ2n) is 7.33. The Kier molecular flexibility index (Phi) is 6.93. The number of esters is 1. The van der Waals surface area contributed by atoms with Crippen LogP contribution in [0.5, 0.6) is 0 Å². The topological polar surface area (TPSA) is 71.1 Å². The summed E-state index contributed by atoms with van der Waals surface area (Å²) >= 11 is 5.54. The molecule has 1 aliphatic carbocycles. The van der Waals surface area contributed by atoms with Gasteiger partial charge >= 0.3 is 12.1 Å². The molecule has 0 unspecified atom stereocenters. The maximum Gasteiger partial charge on any atom is 0.410 e. The molecule has 3 aliphatic rings. The molecule has 0 aromatic rings. The fourth-order valence-electron chi connectivity index (χ4n) is 4.07. The van der Waals surface area contributed by atoms with E-state index in [9.17, 15) is 9.59 Å². The molecule has 0 spiro atoms. The van der Waals surface area contributed by atoms with Crippen LogP contribution in [0.15, 0.2) is 11.6 Å². The van der Waals surface area contributed by atoms with Crippen LogP contribution in [-0.4, -0.2) is 72.4 Å². The van der Waals surface area contributed by atoms with Gasteiger partial charge in [0.1, 0.15) is 6.61 Å². The molecule has 0 aromatic carbocycles. The zero-order valence-corrected chi connectivity index (χ0v) is 16.8. The van der Waals surface area contributed by atoms with Crippen molar-refractivity contribution in [1.29, 1.82) is 0 Å². The van der Waals surface area contributed by atoms with Gasteiger partial charge in [0.2, 0.25) is 0 Å². The number of carbonyl (C=O) groups is 2. The number of hydrogen-bond donors (Lipinski definition) is 1. The van der Waals surface area contributed by atoms with E-state index < -0.39 is 18.1 Å². The number of nitrogens with one attached hydrogen (secondary N) is 1. The summed E-state index contributed by atoms with van der Waals surface area (Å²) in [5.41, 5.74) is 1.54. The quantitative estimate of drug-likeness (QED) is 0.435. The van der Waals surface area contributed by atoms with E-state index in [1.54, 1.807) is 4.90 Å². The van der Waals surface area contributed by atoms with Gasteiger partial charge in [0.25, 0.3) is 0 Å². The van der Waals surface area contributed by atoms with Crippen molar-refractivity contribution in [3.05, 3.63) is 11.6 Å². The molecule has 0 aromatic heterocycles. The lowest BCUT2D eigenvalue weighted by molar-refractivity contribution is -0.145. The second kappa shape index (κ2) is 9.39. The lowest BCUT2D eigenvalue weighted by Crippen LogP contribution is -2.53. The highest BCUT2D eigenvalue weighted by molar-refractivity contribution is 7.80. The first kappa shape index (κ1) is 19.9. The van der Waals surface area contributed by atoms with Crippen molar-refractivity contribution in [3.63, 3.8) is 0 Å². The highest BCUT2D eigenvalue weighted by Gasteiger charge is 2.43. The molecular weight excluding hydrogens is 366 g/mol. The highest BCUT2D eigenvalue weighted by atomic mass is 32.1. The van der Waals surface area contributed by atoms with E-state index in [0.29, 0.717) is 0 Å². The van der Waals surface area contributed by atoms with Gasteiger partial charge in [-0.05, 0) is 57.2 Å². The van der Waals surface area contributed by atoms with Gasteiger partial charge in [-0.2, -0.15) is 0 Å². The number of rotatable bonds is 5. The Morgan fingerprint density at radius 1 is 1.37 bits per heavy atom. The van der Waals surface area contributed by atoms with Gasteiger partial charge in [-0.1, -0.05) is 11.6 Å². The summed E-state index contributed by atoms with van der Waals surface area (Å²) in [6, 6.07) is -0.650. The van der Waals surface area contributed by atoms with Gasteiger partial charge in [0, 0.05) is 25.7 Å². The lowest BCUT2D eigenvalue weighted by Gasteiger charge is -2.38. The maximum absolute atomic E-state index is 12.1. The van der Waals surface area contributed by atoms with Crippen molar-refractivity contribution in [2.24, 2.45) is 0 Å². The Balaban J connectivity index is 1.43. The molecule has 8 heteroatoms. The van der Waals surface area contributed by atoms with Crippen LogP contribution in [0.25, 0.3) is 0 Å².